The molecule has 0 N–H and O–H groups in total. The maximum absolute atomic E-state index is 12.5. The second-order valence-corrected chi connectivity index (χ2v) is 3.96. The number of carbonyl (C=O) groups excluding carboxylic acids is 1. The molecule has 17 heavy (non-hydrogen) atoms. The molecule has 2 nitrogen and oxygen atoms in total. The zero-order valence-electron chi connectivity index (χ0n) is 8.52. The molecule has 1 aromatic rings. The van der Waals surface area contributed by atoms with Crippen molar-refractivity contribution in [3.63, 3.8) is 0 Å². The quantitative estimate of drug-likeness (QED) is 0.615. The lowest BCUT2D eigenvalue weighted by atomic mass is 10.1. The van der Waals surface area contributed by atoms with Gasteiger partial charge in [-0.05, 0) is 19.1 Å². The van der Waals surface area contributed by atoms with Crippen LogP contribution in [0.5, 0.6) is 5.75 Å². The average Bonchev–Trinajstić information content (AvgIpc) is 2.15. The van der Waals surface area contributed by atoms with Crippen LogP contribution in [-0.2, 0) is 0 Å². The summed E-state index contributed by atoms with van der Waals surface area (Å²) in [4.78, 5) is 11.1. The fourth-order valence-corrected chi connectivity index (χ4v) is 1.70. The van der Waals surface area contributed by atoms with E-state index in [9.17, 15) is 22.4 Å². The van der Waals surface area contributed by atoms with E-state index in [0.29, 0.717) is 0 Å². The van der Waals surface area contributed by atoms with E-state index in [1.807, 2.05) is 0 Å². The third-order valence-electron chi connectivity index (χ3n) is 1.93. The molecule has 0 atom stereocenters. The Hall–Kier alpha value is -1.11. The molecule has 0 aromatic heterocycles. The Labute approximate surface area is 103 Å². The van der Waals surface area contributed by atoms with Gasteiger partial charge >= 0.3 is 6.61 Å². The number of alkyl halides is 4. The number of halogens is 5. The Balaban J connectivity index is 3.30. The van der Waals surface area contributed by atoms with Gasteiger partial charge in [0.2, 0.25) is 0 Å². The van der Waals surface area contributed by atoms with Crippen molar-refractivity contribution in [3.05, 3.63) is 27.7 Å². The van der Waals surface area contributed by atoms with Crippen LogP contribution in [0.1, 0.15) is 29.3 Å². The molecule has 0 saturated heterocycles. The number of carbonyl (C=O) groups is 1. The predicted octanol–water partition coefficient (Wildman–Crippen LogP) is 4.19. The Morgan fingerprint density at radius 3 is 2.29 bits per heavy atom. The van der Waals surface area contributed by atoms with Crippen LogP contribution in [0.25, 0.3) is 0 Å². The van der Waals surface area contributed by atoms with Crippen LogP contribution in [-0.4, -0.2) is 12.4 Å². The van der Waals surface area contributed by atoms with Crippen LogP contribution in [0.15, 0.2) is 16.6 Å². The van der Waals surface area contributed by atoms with E-state index in [1.54, 1.807) is 0 Å². The van der Waals surface area contributed by atoms with Gasteiger partial charge in [0, 0.05) is 10.0 Å². The fraction of sp³-hybridized carbons (Fsp3) is 0.300. The predicted molar refractivity (Wildman–Crippen MR) is 55.7 cm³/mol. The number of ketones is 1. The summed E-state index contributed by atoms with van der Waals surface area (Å²) in [6.07, 6.45) is -2.82. The normalized spacial score (nSPS) is 11.1. The van der Waals surface area contributed by atoms with E-state index in [-0.39, 0.29) is 10.0 Å². The van der Waals surface area contributed by atoms with Crippen LogP contribution in [0.3, 0.4) is 0 Å². The van der Waals surface area contributed by atoms with Crippen molar-refractivity contribution in [2.45, 2.75) is 20.0 Å². The van der Waals surface area contributed by atoms with Crippen LogP contribution in [0.2, 0.25) is 0 Å². The van der Waals surface area contributed by atoms with Gasteiger partial charge in [0.05, 0.1) is 5.56 Å². The van der Waals surface area contributed by atoms with Crippen molar-refractivity contribution < 1.29 is 27.1 Å². The van der Waals surface area contributed by atoms with E-state index in [2.05, 4.69) is 20.7 Å². The molecule has 0 saturated carbocycles. The average molecular weight is 315 g/mol. The minimum atomic E-state index is -3.13. The molecule has 0 aliphatic carbocycles. The second-order valence-electron chi connectivity index (χ2n) is 3.11. The molecule has 94 valence electrons. The Kier molecular flexibility index (Phi) is 4.50. The Bertz CT molecular complexity index is 435. The first-order chi connectivity index (χ1) is 7.82. The SMILES string of the molecule is CC(=O)c1cc(C(F)F)c(Br)cc1OC(F)F. The van der Waals surface area contributed by atoms with Crippen molar-refractivity contribution in [3.8, 4) is 5.75 Å². The summed E-state index contributed by atoms with van der Waals surface area (Å²) in [5.74, 6) is -1.06. The summed E-state index contributed by atoms with van der Waals surface area (Å²) in [5.41, 5.74) is -0.749. The maximum Gasteiger partial charge on any atom is 0.387 e. The minimum absolute atomic E-state index is 0.0897. The summed E-state index contributed by atoms with van der Waals surface area (Å²) in [5, 5.41) is 0. The lowest BCUT2D eigenvalue weighted by molar-refractivity contribution is -0.0502. The van der Waals surface area contributed by atoms with Gasteiger partial charge in [-0.3, -0.25) is 4.79 Å². The number of benzene rings is 1. The molecule has 1 rings (SSSR count). The molecule has 0 heterocycles. The molecule has 0 unspecified atom stereocenters. The third kappa shape index (κ3) is 3.42. The highest BCUT2D eigenvalue weighted by Crippen LogP contribution is 2.34. The first-order valence-corrected chi connectivity index (χ1v) is 5.19. The van der Waals surface area contributed by atoms with Crippen LogP contribution >= 0.6 is 15.9 Å². The third-order valence-corrected chi connectivity index (χ3v) is 2.62. The van der Waals surface area contributed by atoms with Gasteiger partial charge in [0.1, 0.15) is 5.75 Å². The summed E-state index contributed by atoms with van der Waals surface area (Å²) in [7, 11) is 0. The molecule has 0 aliphatic heterocycles. The molecule has 7 heteroatoms. The van der Waals surface area contributed by atoms with Crippen LogP contribution < -0.4 is 4.74 Å². The molecule has 0 aliphatic rings. The van der Waals surface area contributed by atoms with E-state index in [0.717, 1.165) is 19.1 Å². The number of rotatable bonds is 4. The lowest BCUT2D eigenvalue weighted by Crippen LogP contribution is -2.07. The van der Waals surface area contributed by atoms with Crippen LogP contribution in [0.4, 0.5) is 17.6 Å². The van der Waals surface area contributed by atoms with E-state index in [1.165, 1.54) is 0 Å². The van der Waals surface area contributed by atoms with Crippen molar-refractivity contribution in [1.82, 2.24) is 0 Å². The zero-order chi connectivity index (χ0) is 13.2. The van der Waals surface area contributed by atoms with Crippen molar-refractivity contribution in [2.24, 2.45) is 0 Å². The number of hydrogen-bond donors (Lipinski definition) is 0. The van der Waals surface area contributed by atoms with E-state index >= 15 is 0 Å². The van der Waals surface area contributed by atoms with Crippen molar-refractivity contribution in [1.29, 1.82) is 0 Å². The van der Waals surface area contributed by atoms with Gasteiger partial charge in [-0.15, -0.1) is 0 Å². The molecular weight excluding hydrogens is 308 g/mol. The molecule has 0 amide bonds. The highest BCUT2D eigenvalue weighted by molar-refractivity contribution is 9.10. The largest absolute Gasteiger partial charge is 0.434 e. The van der Waals surface area contributed by atoms with Gasteiger partial charge in [-0.1, -0.05) is 15.9 Å². The first-order valence-electron chi connectivity index (χ1n) is 4.40. The smallest absolute Gasteiger partial charge is 0.387 e. The van der Waals surface area contributed by atoms with Crippen molar-refractivity contribution >= 4 is 21.7 Å². The number of hydrogen-bond acceptors (Lipinski definition) is 2. The number of Topliss-reactive ketones (excluding diaryl/α,β-unsaturated/α-hetero) is 1. The summed E-state index contributed by atoms with van der Waals surface area (Å²) < 4.78 is 53.2. The topological polar surface area (TPSA) is 26.3 Å². The first kappa shape index (κ1) is 14.0. The van der Waals surface area contributed by atoms with Crippen molar-refractivity contribution in [2.75, 3.05) is 0 Å². The highest BCUT2D eigenvalue weighted by Gasteiger charge is 2.20. The second kappa shape index (κ2) is 5.48. The molecule has 0 spiro atoms. The van der Waals surface area contributed by atoms with Crippen LogP contribution in [0, 0.1) is 0 Å². The monoisotopic (exact) mass is 314 g/mol. The standard InChI is InChI=1S/C10H7BrF4O2/c1-4(16)5-2-6(9(12)13)7(11)3-8(5)17-10(14)15/h2-3,9-10H,1H3. The molecule has 1 aromatic carbocycles. The van der Waals surface area contributed by atoms with E-state index in [4.69, 9.17) is 0 Å². The summed E-state index contributed by atoms with van der Waals surface area (Å²) >= 11 is 2.80. The van der Waals surface area contributed by atoms with Gasteiger partial charge in [0.15, 0.2) is 5.78 Å². The minimum Gasteiger partial charge on any atom is -0.434 e. The van der Waals surface area contributed by atoms with Gasteiger partial charge in [-0.25, -0.2) is 8.78 Å². The zero-order valence-corrected chi connectivity index (χ0v) is 10.1. The highest BCUT2D eigenvalue weighted by atomic mass is 79.9. The van der Waals surface area contributed by atoms with Gasteiger partial charge < -0.3 is 4.74 Å². The summed E-state index contributed by atoms with van der Waals surface area (Å²) in [6.45, 7) is -2.05. The maximum atomic E-state index is 12.5. The molecule has 0 bridgehead atoms. The molecule has 0 radical (unpaired) electrons. The van der Waals surface area contributed by atoms with Gasteiger partial charge in [0.25, 0.3) is 6.43 Å². The molecular formula is C10H7BrF4O2. The number of ether oxygens (including phenoxy) is 1. The Morgan fingerprint density at radius 1 is 1.29 bits per heavy atom. The fourth-order valence-electron chi connectivity index (χ4n) is 1.21. The summed E-state index contributed by atoms with van der Waals surface area (Å²) in [6, 6.07) is 1.78. The molecule has 0 fully saturated rings. The van der Waals surface area contributed by atoms with Gasteiger partial charge in [-0.2, -0.15) is 8.78 Å². The lowest BCUT2D eigenvalue weighted by Gasteiger charge is -2.12. The Morgan fingerprint density at radius 2 is 1.88 bits per heavy atom. The van der Waals surface area contributed by atoms with E-state index < -0.39 is 30.1 Å².